The van der Waals surface area contributed by atoms with Crippen LogP contribution in [0.3, 0.4) is 0 Å². The Labute approximate surface area is 96.4 Å². The summed E-state index contributed by atoms with van der Waals surface area (Å²) >= 11 is 0. The van der Waals surface area contributed by atoms with Crippen LogP contribution in [0.2, 0.25) is 0 Å². The van der Waals surface area contributed by atoms with Gasteiger partial charge in [0.25, 0.3) is 0 Å². The lowest BCUT2D eigenvalue weighted by molar-refractivity contribution is -0.139. The van der Waals surface area contributed by atoms with Gasteiger partial charge in [0.15, 0.2) is 6.29 Å². The second-order valence-electron chi connectivity index (χ2n) is 3.51. The van der Waals surface area contributed by atoms with Crippen molar-refractivity contribution >= 4 is 0 Å². The summed E-state index contributed by atoms with van der Waals surface area (Å²) in [6.07, 6.45) is 1.48. The van der Waals surface area contributed by atoms with Crippen molar-refractivity contribution < 1.29 is 13.9 Å². The molecule has 0 fully saturated rings. The number of hydrogen-bond donors (Lipinski definition) is 0. The molecule has 1 aromatic carbocycles. The Balaban J connectivity index is 2.38. The van der Waals surface area contributed by atoms with Gasteiger partial charge in [0.1, 0.15) is 5.82 Å². The first kappa shape index (κ1) is 13.1. The van der Waals surface area contributed by atoms with E-state index < -0.39 is 0 Å². The van der Waals surface area contributed by atoms with Gasteiger partial charge in [0.05, 0.1) is 0 Å². The minimum absolute atomic E-state index is 0.153. The molecule has 3 heteroatoms. The molecule has 0 aliphatic carbocycles. The first-order chi connectivity index (χ1) is 7.76. The maximum Gasteiger partial charge on any atom is 0.157 e. The highest BCUT2D eigenvalue weighted by atomic mass is 19.1. The summed E-state index contributed by atoms with van der Waals surface area (Å²) < 4.78 is 23.5. The van der Waals surface area contributed by atoms with Gasteiger partial charge in [-0.3, -0.25) is 0 Å². The fraction of sp³-hybridized carbons (Fsp3) is 0.538. The summed E-state index contributed by atoms with van der Waals surface area (Å²) in [6, 6.07) is 6.55. The lowest BCUT2D eigenvalue weighted by Crippen LogP contribution is -2.18. The van der Waals surface area contributed by atoms with Crippen molar-refractivity contribution in [2.75, 3.05) is 13.2 Å². The van der Waals surface area contributed by atoms with Crippen LogP contribution in [0, 0.1) is 5.82 Å². The molecule has 0 heterocycles. The minimum Gasteiger partial charge on any atom is -0.353 e. The van der Waals surface area contributed by atoms with Crippen molar-refractivity contribution in [1.29, 1.82) is 0 Å². The van der Waals surface area contributed by atoms with Crippen molar-refractivity contribution in [3.8, 4) is 0 Å². The molecule has 0 amide bonds. The highest BCUT2D eigenvalue weighted by Gasteiger charge is 2.07. The van der Waals surface area contributed by atoms with E-state index in [0.29, 0.717) is 13.2 Å². The summed E-state index contributed by atoms with van der Waals surface area (Å²) in [5.41, 5.74) is 1.10. The van der Waals surface area contributed by atoms with E-state index in [9.17, 15) is 4.39 Å². The molecule has 1 aromatic rings. The quantitative estimate of drug-likeness (QED) is 0.665. The van der Waals surface area contributed by atoms with Crippen LogP contribution in [-0.2, 0) is 15.9 Å². The molecule has 0 spiro atoms. The van der Waals surface area contributed by atoms with Crippen molar-refractivity contribution in [2.24, 2.45) is 0 Å². The van der Waals surface area contributed by atoms with E-state index in [1.54, 1.807) is 12.1 Å². The van der Waals surface area contributed by atoms with Crippen LogP contribution in [0.5, 0.6) is 0 Å². The fourth-order valence-corrected chi connectivity index (χ4v) is 1.52. The molecule has 1 rings (SSSR count). The van der Waals surface area contributed by atoms with Gasteiger partial charge in [-0.2, -0.15) is 0 Å². The van der Waals surface area contributed by atoms with Crippen LogP contribution in [0.4, 0.5) is 4.39 Å². The third-order valence-corrected chi connectivity index (χ3v) is 2.29. The molecule has 0 unspecified atom stereocenters. The van der Waals surface area contributed by atoms with E-state index in [-0.39, 0.29) is 12.1 Å². The highest BCUT2D eigenvalue weighted by molar-refractivity contribution is 5.16. The Morgan fingerprint density at radius 1 is 1.06 bits per heavy atom. The van der Waals surface area contributed by atoms with E-state index in [0.717, 1.165) is 18.4 Å². The predicted octanol–water partition coefficient (Wildman–Crippen LogP) is 3.16. The zero-order valence-electron chi connectivity index (χ0n) is 9.91. The largest absolute Gasteiger partial charge is 0.353 e. The predicted molar refractivity (Wildman–Crippen MR) is 61.8 cm³/mol. The number of ether oxygens (including phenoxy) is 2. The first-order valence-corrected chi connectivity index (χ1v) is 5.74. The van der Waals surface area contributed by atoms with E-state index in [4.69, 9.17) is 9.47 Å². The molecule has 90 valence electrons. The van der Waals surface area contributed by atoms with E-state index in [2.05, 4.69) is 0 Å². The molecule has 16 heavy (non-hydrogen) atoms. The maximum atomic E-state index is 12.7. The van der Waals surface area contributed by atoms with Gasteiger partial charge >= 0.3 is 0 Å². The zero-order valence-corrected chi connectivity index (χ0v) is 9.91. The monoisotopic (exact) mass is 226 g/mol. The van der Waals surface area contributed by atoms with Gasteiger partial charge in [0.2, 0.25) is 0 Å². The second kappa shape index (κ2) is 7.36. The molecule has 0 radical (unpaired) electrons. The van der Waals surface area contributed by atoms with Crippen molar-refractivity contribution in [3.63, 3.8) is 0 Å². The lowest BCUT2D eigenvalue weighted by Gasteiger charge is -2.16. The van der Waals surface area contributed by atoms with E-state index in [1.807, 2.05) is 13.8 Å². The molecule has 0 saturated carbocycles. The van der Waals surface area contributed by atoms with Crippen LogP contribution in [-0.4, -0.2) is 19.5 Å². The fourth-order valence-electron chi connectivity index (χ4n) is 1.52. The zero-order chi connectivity index (χ0) is 11.8. The molecular weight excluding hydrogens is 207 g/mol. The maximum absolute atomic E-state index is 12.7. The molecule has 0 bridgehead atoms. The van der Waals surface area contributed by atoms with Gasteiger partial charge in [0, 0.05) is 19.6 Å². The Morgan fingerprint density at radius 3 is 2.12 bits per heavy atom. The molecule has 0 aliphatic heterocycles. The summed E-state index contributed by atoms with van der Waals surface area (Å²) in [5.74, 6) is -0.199. The first-order valence-electron chi connectivity index (χ1n) is 5.74. The molecule has 0 atom stereocenters. The van der Waals surface area contributed by atoms with Crippen molar-refractivity contribution in [2.45, 2.75) is 33.0 Å². The van der Waals surface area contributed by atoms with Crippen LogP contribution in [0.25, 0.3) is 0 Å². The third kappa shape index (κ3) is 4.73. The summed E-state index contributed by atoms with van der Waals surface area (Å²) in [7, 11) is 0. The van der Waals surface area contributed by atoms with Gasteiger partial charge < -0.3 is 9.47 Å². The number of hydrogen-bond acceptors (Lipinski definition) is 2. The lowest BCUT2D eigenvalue weighted by atomic mass is 10.1. The number of halogens is 1. The molecule has 0 N–H and O–H groups in total. The Kier molecular flexibility index (Phi) is 6.04. The Bertz CT molecular complexity index is 278. The van der Waals surface area contributed by atoms with Crippen LogP contribution in [0.1, 0.15) is 25.8 Å². The number of benzene rings is 1. The Morgan fingerprint density at radius 2 is 1.62 bits per heavy atom. The van der Waals surface area contributed by atoms with Gasteiger partial charge in [-0.15, -0.1) is 0 Å². The van der Waals surface area contributed by atoms with Crippen molar-refractivity contribution in [1.82, 2.24) is 0 Å². The topological polar surface area (TPSA) is 18.5 Å². The average molecular weight is 226 g/mol. The Hall–Kier alpha value is -0.930. The smallest absolute Gasteiger partial charge is 0.157 e. The molecule has 0 saturated heterocycles. The number of aryl methyl sites for hydroxylation is 1. The number of rotatable bonds is 7. The van der Waals surface area contributed by atoms with Gasteiger partial charge in [-0.05, 0) is 38.0 Å². The minimum atomic E-state index is -0.199. The standard InChI is InChI=1S/C13H19FO2/c1-3-15-13(16-4-2)10-7-11-5-8-12(14)9-6-11/h5-6,8-9,13H,3-4,7,10H2,1-2H3. The molecule has 0 aliphatic rings. The molecule has 0 aromatic heterocycles. The highest BCUT2D eigenvalue weighted by Crippen LogP contribution is 2.09. The summed E-state index contributed by atoms with van der Waals surface area (Å²) in [4.78, 5) is 0. The average Bonchev–Trinajstić information content (AvgIpc) is 2.29. The SMILES string of the molecule is CCOC(CCc1ccc(F)cc1)OCC. The van der Waals surface area contributed by atoms with Crippen LogP contribution in [0.15, 0.2) is 24.3 Å². The third-order valence-electron chi connectivity index (χ3n) is 2.29. The summed E-state index contributed by atoms with van der Waals surface area (Å²) in [6.45, 7) is 5.19. The molecular formula is C13H19FO2. The van der Waals surface area contributed by atoms with Crippen LogP contribution < -0.4 is 0 Å². The van der Waals surface area contributed by atoms with Gasteiger partial charge in [-0.25, -0.2) is 4.39 Å². The van der Waals surface area contributed by atoms with Crippen molar-refractivity contribution in [3.05, 3.63) is 35.6 Å². The normalized spacial score (nSPS) is 11.0. The van der Waals surface area contributed by atoms with E-state index in [1.165, 1.54) is 12.1 Å². The summed E-state index contributed by atoms with van der Waals surface area (Å²) in [5, 5.41) is 0. The second-order valence-corrected chi connectivity index (χ2v) is 3.51. The molecule has 2 nitrogen and oxygen atoms in total. The van der Waals surface area contributed by atoms with Crippen LogP contribution >= 0.6 is 0 Å². The van der Waals surface area contributed by atoms with Gasteiger partial charge in [-0.1, -0.05) is 12.1 Å². The van der Waals surface area contributed by atoms with E-state index >= 15 is 0 Å².